The lowest BCUT2D eigenvalue weighted by Gasteiger charge is -2.45. The molecule has 0 bridgehead atoms. The van der Waals surface area contributed by atoms with Gasteiger partial charge in [-0.05, 0) is 30.9 Å². The Bertz CT molecular complexity index is 224. The summed E-state index contributed by atoms with van der Waals surface area (Å²) in [5.41, 5.74) is 0.731. The summed E-state index contributed by atoms with van der Waals surface area (Å²) >= 11 is 5.40. The van der Waals surface area contributed by atoms with Crippen LogP contribution in [0.1, 0.15) is 19.3 Å². The second-order valence-electron chi connectivity index (χ2n) is 3.08. The standard InChI is InChI=1S/C8H10ClNO/c9-8(11)7-3-1-2-6-4-5-10(6)7/h3,6H,1-2,4-5H2. The molecule has 0 aromatic rings. The fourth-order valence-corrected chi connectivity index (χ4v) is 1.97. The van der Waals surface area contributed by atoms with Crippen molar-refractivity contribution < 1.29 is 4.79 Å². The van der Waals surface area contributed by atoms with Crippen molar-refractivity contribution in [2.45, 2.75) is 25.3 Å². The number of fused-ring (bicyclic) bond motifs is 1. The molecule has 1 unspecified atom stereocenters. The SMILES string of the molecule is O=C(Cl)C1=CCCC2CCN12. The molecule has 0 N–H and O–H groups in total. The minimum absolute atomic E-state index is 0.297. The van der Waals surface area contributed by atoms with E-state index in [1.807, 2.05) is 6.08 Å². The van der Waals surface area contributed by atoms with Gasteiger partial charge in [0.1, 0.15) is 0 Å². The number of nitrogens with zero attached hydrogens (tertiary/aromatic N) is 1. The molecule has 60 valence electrons. The van der Waals surface area contributed by atoms with Gasteiger partial charge in [-0.1, -0.05) is 6.08 Å². The first-order chi connectivity index (χ1) is 5.29. The number of carbonyl (C=O) groups excluding carboxylic acids is 1. The molecule has 0 aromatic heterocycles. The van der Waals surface area contributed by atoms with Gasteiger partial charge in [0.25, 0.3) is 5.24 Å². The van der Waals surface area contributed by atoms with Crippen molar-refractivity contribution in [3.05, 3.63) is 11.8 Å². The quantitative estimate of drug-likeness (QED) is 0.558. The molecular formula is C8H10ClNO. The molecule has 11 heavy (non-hydrogen) atoms. The van der Waals surface area contributed by atoms with Gasteiger partial charge in [0, 0.05) is 12.6 Å². The Kier molecular flexibility index (Phi) is 1.64. The van der Waals surface area contributed by atoms with E-state index in [1.165, 1.54) is 12.8 Å². The van der Waals surface area contributed by atoms with E-state index in [2.05, 4.69) is 4.90 Å². The van der Waals surface area contributed by atoms with Crippen LogP contribution in [0.3, 0.4) is 0 Å². The van der Waals surface area contributed by atoms with E-state index in [0.29, 0.717) is 6.04 Å². The molecular weight excluding hydrogens is 162 g/mol. The van der Waals surface area contributed by atoms with Crippen LogP contribution in [0.25, 0.3) is 0 Å². The van der Waals surface area contributed by atoms with Gasteiger partial charge >= 0.3 is 0 Å². The molecule has 0 amide bonds. The number of rotatable bonds is 1. The molecule has 1 fully saturated rings. The summed E-state index contributed by atoms with van der Waals surface area (Å²) in [6, 6.07) is 0.609. The predicted molar refractivity (Wildman–Crippen MR) is 43.3 cm³/mol. The Hall–Kier alpha value is -0.500. The summed E-state index contributed by atoms with van der Waals surface area (Å²) in [7, 11) is 0. The first kappa shape index (κ1) is 7.17. The zero-order valence-electron chi connectivity index (χ0n) is 6.22. The number of halogens is 1. The van der Waals surface area contributed by atoms with E-state index in [9.17, 15) is 4.79 Å². The zero-order chi connectivity index (χ0) is 7.84. The van der Waals surface area contributed by atoms with Gasteiger partial charge < -0.3 is 4.90 Å². The molecule has 1 atom stereocenters. The molecule has 0 spiro atoms. The molecule has 0 radical (unpaired) electrons. The van der Waals surface area contributed by atoms with Crippen LogP contribution >= 0.6 is 11.6 Å². The minimum atomic E-state index is -0.297. The van der Waals surface area contributed by atoms with Crippen LogP contribution < -0.4 is 0 Å². The molecule has 0 aliphatic carbocycles. The van der Waals surface area contributed by atoms with Crippen molar-refractivity contribution in [3.8, 4) is 0 Å². The lowest BCUT2D eigenvalue weighted by Crippen LogP contribution is -2.49. The largest absolute Gasteiger partial charge is 0.365 e. The molecule has 0 saturated carbocycles. The van der Waals surface area contributed by atoms with E-state index in [0.717, 1.165) is 18.7 Å². The number of carbonyl (C=O) groups is 1. The highest BCUT2D eigenvalue weighted by atomic mass is 35.5. The van der Waals surface area contributed by atoms with E-state index in [1.54, 1.807) is 0 Å². The summed E-state index contributed by atoms with van der Waals surface area (Å²) in [6.07, 6.45) is 5.37. The topological polar surface area (TPSA) is 20.3 Å². The van der Waals surface area contributed by atoms with Crippen LogP contribution in [0.4, 0.5) is 0 Å². The summed E-state index contributed by atoms with van der Waals surface area (Å²) in [4.78, 5) is 13.0. The summed E-state index contributed by atoms with van der Waals surface area (Å²) in [5.74, 6) is 0. The van der Waals surface area contributed by atoms with Crippen molar-refractivity contribution in [1.29, 1.82) is 0 Å². The first-order valence-corrected chi connectivity index (χ1v) is 4.33. The van der Waals surface area contributed by atoms with Gasteiger partial charge in [0.05, 0.1) is 5.70 Å². The zero-order valence-corrected chi connectivity index (χ0v) is 6.97. The van der Waals surface area contributed by atoms with Gasteiger partial charge in [-0.15, -0.1) is 0 Å². The predicted octanol–water partition coefficient (Wildman–Crippen LogP) is 1.50. The van der Waals surface area contributed by atoms with Gasteiger partial charge in [0.2, 0.25) is 0 Å². The Morgan fingerprint density at radius 1 is 1.64 bits per heavy atom. The van der Waals surface area contributed by atoms with Crippen molar-refractivity contribution in [3.63, 3.8) is 0 Å². The Morgan fingerprint density at radius 2 is 2.45 bits per heavy atom. The summed E-state index contributed by atoms with van der Waals surface area (Å²) in [6.45, 7) is 1.01. The molecule has 2 aliphatic rings. The van der Waals surface area contributed by atoms with E-state index < -0.39 is 0 Å². The third kappa shape index (κ3) is 1.06. The van der Waals surface area contributed by atoms with Crippen molar-refractivity contribution >= 4 is 16.8 Å². The van der Waals surface area contributed by atoms with E-state index >= 15 is 0 Å². The highest BCUT2D eigenvalue weighted by Crippen LogP contribution is 2.31. The maximum absolute atomic E-state index is 10.8. The highest BCUT2D eigenvalue weighted by Gasteiger charge is 2.33. The molecule has 2 aliphatic heterocycles. The molecule has 2 nitrogen and oxygen atoms in total. The van der Waals surface area contributed by atoms with Gasteiger partial charge in [-0.2, -0.15) is 0 Å². The number of allylic oxidation sites excluding steroid dienone is 2. The smallest absolute Gasteiger partial charge is 0.268 e. The third-order valence-corrected chi connectivity index (χ3v) is 2.69. The van der Waals surface area contributed by atoms with Gasteiger partial charge in [-0.3, -0.25) is 4.79 Å². The Balaban J connectivity index is 2.18. The van der Waals surface area contributed by atoms with E-state index in [-0.39, 0.29) is 5.24 Å². The fourth-order valence-electron chi connectivity index (χ4n) is 1.78. The summed E-state index contributed by atoms with van der Waals surface area (Å²) in [5, 5.41) is -0.297. The number of hydrogen-bond acceptors (Lipinski definition) is 2. The minimum Gasteiger partial charge on any atom is -0.365 e. The average Bonchev–Trinajstić information content (AvgIpc) is 1.90. The molecule has 3 heteroatoms. The van der Waals surface area contributed by atoms with Crippen molar-refractivity contribution in [2.24, 2.45) is 0 Å². The molecule has 2 heterocycles. The van der Waals surface area contributed by atoms with Crippen LogP contribution in [0, 0.1) is 0 Å². The lowest BCUT2D eigenvalue weighted by molar-refractivity contribution is -0.111. The lowest BCUT2D eigenvalue weighted by atomic mass is 9.93. The first-order valence-electron chi connectivity index (χ1n) is 3.95. The maximum Gasteiger partial charge on any atom is 0.268 e. The fraction of sp³-hybridized carbons (Fsp3) is 0.625. The van der Waals surface area contributed by atoms with Crippen molar-refractivity contribution in [1.82, 2.24) is 4.90 Å². The maximum atomic E-state index is 10.8. The molecule has 1 saturated heterocycles. The van der Waals surface area contributed by atoms with Crippen LogP contribution in [-0.2, 0) is 4.79 Å². The Morgan fingerprint density at radius 3 is 2.91 bits per heavy atom. The Labute approximate surface area is 70.8 Å². The second kappa shape index (κ2) is 2.52. The van der Waals surface area contributed by atoms with Crippen LogP contribution in [0.15, 0.2) is 11.8 Å². The monoisotopic (exact) mass is 171 g/mol. The third-order valence-electron chi connectivity index (χ3n) is 2.49. The van der Waals surface area contributed by atoms with Crippen LogP contribution in [0.2, 0.25) is 0 Å². The highest BCUT2D eigenvalue weighted by molar-refractivity contribution is 6.67. The van der Waals surface area contributed by atoms with Gasteiger partial charge in [-0.25, -0.2) is 0 Å². The van der Waals surface area contributed by atoms with Crippen LogP contribution in [-0.4, -0.2) is 22.7 Å². The van der Waals surface area contributed by atoms with Crippen molar-refractivity contribution in [2.75, 3.05) is 6.54 Å². The van der Waals surface area contributed by atoms with Gasteiger partial charge in [0.15, 0.2) is 0 Å². The normalized spacial score (nSPS) is 28.6. The average molecular weight is 172 g/mol. The molecule has 0 aromatic carbocycles. The van der Waals surface area contributed by atoms with Crippen LogP contribution in [0.5, 0.6) is 0 Å². The number of hydrogen-bond donors (Lipinski definition) is 0. The molecule has 2 rings (SSSR count). The summed E-state index contributed by atoms with van der Waals surface area (Å²) < 4.78 is 0. The van der Waals surface area contributed by atoms with E-state index in [4.69, 9.17) is 11.6 Å². The second-order valence-corrected chi connectivity index (χ2v) is 3.42.